The van der Waals surface area contributed by atoms with E-state index in [1.165, 1.54) is 0 Å². The fourth-order valence-corrected chi connectivity index (χ4v) is 4.72. The lowest BCUT2D eigenvalue weighted by molar-refractivity contribution is -0.133. The van der Waals surface area contributed by atoms with Crippen molar-refractivity contribution in [1.82, 2.24) is 10.2 Å². The molecule has 24 heavy (non-hydrogen) atoms. The van der Waals surface area contributed by atoms with Crippen LogP contribution in [0.4, 0.5) is 0 Å². The Labute approximate surface area is 143 Å². The molecule has 0 aliphatic carbocycles. The van der Waals surface area contributed by atoms with Crippen molar-refractivity contribution >= 4 is 21.7 Å². The summed E-state index contributed by atoms with van der Waals surface area (Å²) in [6, 6.07) is 8.26. The van der Waals surface area contributed by atoms with Crippen LogP contribution >= 0.6 is 0 Å². The predicted molar refractivity (Wildman–Crippen MR) is 92.4 cm³/mol. The van der Waals surface area contributed by atoms with Gasteiger partial charge in [0, 0.05) is 30.6 Å². The minimum absolute atomic E-state index is 0.0390. The van der Waals surface area contributed by atoms with Crippen LogP contribution in [0.25, 0.3) is 0 Å². The SMILES string of the molecule is CCN(C(=O)CC(C)NC(=O)c1ccccc1)C1CCS(=O)(=O)C1. The molecule has 1 N–H and O–H groups in total. The van der Waals surface area contributed by atoms with E-state index in [9.17, 15) is 18.0 Å². The molecule has 1 aliphatic rings. The van der Waals surface area contributed by atoms with Gasteiger partial charge >= 0.3 is 0 Å². The van der Waals surface area contributed by atoms with E-state index < -0.39 is 9.84 Å². The van der Waals surface area contributed by atoms with Crippen LogP contribution in [0.15, 0.2) is 30.3 Å². The van der Waals surface area contributed by atoms with Gasteiger partial charge in [0.1, 0.15) is 0 Å². The molecule has 2 amide bonds. The monoisotopic (exact) mass is 352 g/mol. The molecule has 1 fully saturated rings. The van der Waals surface area contributed by atoms with Crippen molar-refractivity contribution in [2.45, 2.75) is 38.8 Å². The van der Waals surface area contributed by atoms with Gasteiger partial charge in [-0.05, 0) is 32.4 Å². The fraction of sp³-hybridized carbons (Fsp3) is 0.529. The minimum Gasteiger partial charge on any atom is -0.349 e. The minimum atomic E-state index is -3.03. The van der Waals surface area contributed by atoms with Crippen molar-refractivity contribution in [3.05, 3.63) is 35.9 Å². The van der Waals surface area contributed by atoms with Crippen molar-refractivity contribution in [3.63, 3.8) is 0 Å². The topological polar surface area (TPSA) is 83.6 Å². The first-order valence-electron chi connectivity index (χ1n) is 8.18. The molecule has 6 nitrogen and oxygen atoms in total. The van der Waals surface area contributed by atoms with Gasteiger partial charge in [0.2, 0.25) is 5.91 Å². The number of carbonyl (C=O) groups is 2. The Balaban J connectivity index is 1.91. The molecule has 1 heterocycles. The van der Waals surface area contributed by atoms with Crippen LogP contribution in [0.3, 0.4) is 0 Å². The lowest BCUT2D eigenvalue weighted by atomic mass is 10.1. The van der Waals surface area contributed by atoms with Crippen molar-refractivity contribution in [3.8, 4) is 0 Å². The van der Waals surface area contributed by atoms with Gasteiger partial charge in [0.25, 0.3) is 5.91 Å². The molecule has 0 saturated carbocycles. The van der Waals surface area contributed by atoms with E-state index in [1.807, 2.05) is 13.0 Å². The highest BCUT2D eigenvalue weighted by Crippen LogP contribution is 2.18. The standard InChI is InChI=1S/C17H24N2O4S/c1-3-19(15-9-10-24(22,23)12-15)16(20)11-13(2)18-17(21)14-7-5-4-6-8-14/h4-8,13,15H,3,9-12H2,1-2H3,(H,18,21). The number of nitrogens with zero attached hydrogens (tertiary/aromatic N) is 1. The second-order valence-electron chi connectivity index (χ2n) is 6.18. The summed E-state index contributed by atoms with van der Waals surface area (Å²) >= 11 is 0. The van der Waals surface area contributed by atoms with Gasteiger partial charge in [-0.2, -0.15) is 0 Å². The number of hydrogen-bond acceptors (Lipinski definition) is 4. The molecule has 2 atom stereocenters. The van der Waals surface area contributed by atoms with Crippen molar-refractivity contribution in [2.24, 2.45) is 0 Å². The average Bonchev–Trinajstić information content (AvgIpc) is 2.88. The van der Waals surface area contributed by atoms with E-state index in [0.717, 1.165) is 0 Å². The quantitative estimate of drug-likeness (QED) is 0.835. The molecule has 1 aromatic carbocycles. The number of carbonyl (C=O) groups excluding carboxylic acids is 2. The zero-order valence-corrected chi connectivity index (χ0v) is 14.9. The molecule has 2 unspecified atom stereocenters. The summed E-state index contributed by atoms with van der Waals surface area (Å²) in [7, 11) is -3.03. The van der Waals surface area contributed by atoms with Gasteiger partial charge in [-0.25, -0.2) is 8.42 Å². The van der Waals surface area contributed by atoms with E-state index in [4.69, 9.17) is 0 Å². The molecular weight excluding hydrogens is 328 g/mol. The fourth-order valence-electron chi connectivity index (χ4n) is 2.99. The third-order valence-corrected chi connectivity index (χ3v) is 5.95. The summed E-state index contributed by atoms with van der Waals surface area (Å²) in [5, 5.41) is 2.81. The van der Waals surface area contributed by atoms with E-state index in [-0.39, 0.29) is 41.8 Å². The second-order valence-corrected chi connectivity index (χ2v) is 8.41. The summed E-state index contributed by atoms with van der Waals surface area (Å²) in [5.74, 6) is -0.165. The van der Waals surface area contributed by atoms with E-state index in [1.54, 1.807) is 36.1 Å². The average molecular weight is 352 g/mol. The lowest BCUT2D eigenvalue weighted by Gasteiger charge is -2.28. The number of rotatable bonds is 6. The molecule has 0 radical (unpaired) electrons. The summed E-state index contributed by atoms with van der Waals surface area (Å²) in [6.45, 7) is 4.09. The smallest absolute Gasteiger partial charge is 0.251 e. The van der Waals surface area contributed by atoms with Gasteiger partial charge in [0.15, 0.2) is 9.84 Å². The Kier molecular flexibility index (Phi) is 5.99. The zero-order chi connectivity index (χ0) is 17.7. The summed E-state index contributed by atoms with van der Waals surface area (Å²) in [5.41, 5.74) is 0.547. The van der Waals surface area contributed by atoms with Crippen LogP contribution in [0.2, 0.25) is 0 Å². The van der Waals surface area contributed by atoms with Gasteiger partial charge < -0.3 is 10.2 Å². The van der Waals surface area contributed by atoms with Crippen LogP contribution in [-0.4, -0.2) is 55.3 Å². The van der Waals surface area contributed by atoms with Crippen LogP contribution in [-0.2, 0) is 14.6 Å². The molecule has 1 aromatic rings. The van der Waals surface area contributed by atoms with Crippen molar-refractivity contribution in [2.75, 3.05) is 18.1 Å². The van der Waals surface area contributed by atoms with Gasteiger partial charge in [-0.15, -0.1) is 0 Å². The molecule has 0 aromatic heterocycles. The Morgan fingerprint density at radius 2 is 1.96 bits per heavy atom. The number of amides is 2. The summed E-state index contributed by atoms with van der Waals surface area (Å²) < 4.78 is 23.2. The Morgan fingerprint density at radius 1 is 1.29 bits per heavy atom. The number of nitrogens with one attached hydrogen (secondary N) is 1. The van der Waals surface area contributed by atoms with Crippen molar-refractivity contribution in [1.29, 1.82) is 0 Å². The summed E-state index contributed by atoms with van der Waals surface area (Å²) in [6.07, 6.45) is 0.648. The van der Waals surface area contributed by atoms with Crippen molar-refractivity contribution < 1.29 is 18.0 Å². The van der Waals surface area contributed by atoms with Crippen LogP contribution < -0.4 is 5.32 Å². The molecule has 1 saturated heterocycles. The lowest BCUT2D eigenvalue weighted by Crippen LogP contribution is -2.44. The van der Waals surface area contributed by atoms with Gasteiger partial charge in [-0.3, -0.25) is 9.59 Å². The number of sulfone groups is 1. The van der Waals surface area contributed by atoms with E-state index >= 15 is 0 Å². The first-order chi connectivity index (χ1) is 11.3. The maximum absolute atomic E-state index is 12.5. The first-order valence-corrected chi connectivity index (χ1v) is 10.0. The van der Waals surface area contributed by atoms with Gasteiger partial charge in [-0.1, -0.05) is 18.2 Å². The number of hydrogen-bond donors (Lipinski definition) is 1. The maximum atomic E-state index is 12.5. The molecule has 0 bridgehead atoms. The third kappa shape index (κ3) is 4.80. The van der Waals surface area contributed by atoms with E-state index in [2.05, 4.69) is 5.32 Å². The highest BCUT2D eigenvalue weighted by atomic mass is 32.2. The third-order valence-electron chi connectivity index (χ3n) is 4.20. The molecule has 1 aliphatic heterocycles. The van der Waals surface area contributed by atoms with Crippen LogP contribution in [0.5, 0.6) is 0 Å². The van der Waals surface area contributed by atoms with Crippen LogP contribution in [0.1, 0.15) is 37.0 Å². The summed E-state index contributed by atoms with van der Waals surface area (Å²) in [4.78, 5) is 26.2. The molecule has 7 heteroatoms. The Morgan fingerprint density at radius 3 is 2.50 bits per heavy atom. The Bertz CT molecular complexity index is 688. The number of benzene rings is 1. The molecule has 2 rings (SSSR count). The first kappa shape index (κ1) is 18.4. The van der Waals surface area contributed by atoms with Gasteiger partial charge in [0.05, 0.1) is 11.5 Å². The maximum Gasteiger partial charge on any atom is 0.251 e. The highest BCUT2D eigenvalue weighted by Gasteiger charge is 2.34. The largest absolute Gasteiger partial charge is 0.349 e. The van der Waals surface area contributed by atoms with Crippen LogP contribution in [0, 0.1) is 0 Å². The zero-order valence-electron chi connectivity index (χ0n) is 14.1. The van der Waals surface area contributed by atoms with E-state index in [0.29, 0.717) is 18.5 Å². The Hall–Kier alpha value is -1.89. The molecular formula is C17H24N2O4S. The molecule has 132 valence electrons. The second kappa shape index (κ2) is 7.79. The normalized spacial score (nSPS) is 20.3. The predicted octanol–water partition coefficient (Wildman–Crippen LogP) is 1.23. The highest BCUT2D eigenvalue weighted by molar-refractivity contribution is 7.91. The molecule has 0 spiro atoms.